The molecule has 1 fully saturated rings. The van der Waals surface area contributed by atoms with Crippen LogP contribution in [-0.2, 0) is 4.79 Å². The number of thioether (sulfide) groups is 1. The first-order chi connectivity index (χ1) is 12.1. The maximum Gasteiger partial charge on any atom is 0.276 e. The van der Waals surface area contributed by atoms with Crippen molar-refractivity contribution in [2.24, 2.45) is 0 Å². The fraction of sp³-hybridized carbons (Fsp3) is 0. The molecule has 2 aromatic carbocycles. The minimum Gasteiger partial charge on any atom is -0.268 e. The summed E-state index contributed by atoms with van der Waals surface area (Å²) in [5, 5.41) is 11.0. The minimum absolute atomic E-state index is 0.0176. The molecule has 124 valence electrons. The molecule has 1 amide bonds. The number of nitro groups is 1. The molecule has 0 bridgehead atoms. The Morgan fingerprint density at radius 2 is 1.76 bits per heavy atom. The molecule has 1 aliphatic rings. The van der Waals surface area contributed by atoms with Gasteiger partial charge < -0.3 is 0 Å². The van der Waals surface area contributed by atoms with Gasteiger partial charge in [0.2, 0.25) is 0 Å². The fourth-order valence-electron chi connectivity index (χ4n) is 2.32. The third-order valence-electron chi connectivity index (χ3n) is 3.46. The number of carbonyl (C=O) groups excluding carboxylic acids is 1. The maximum absolute atomic E-state index is 12.5. The van der Waals surface area contributed by atoms with E-state index in [1.54, 1.807) is 36.4 Å². The smallest absolute Gasteiger partial charge is 0.268 e. The quantitative estimate of drug-likeness (QED) is 0.343. The van der Waals surface area contributed by atoms with E-state index in [1.807, 2.05) is 30.3 Å². The molecule has 0 saturated carbocycles. The van der Waals surface area contributed by atoms with Gasteiger partial charge in [0.05, 0.1) is 21.1 Å². The molecule has 0 spiro atoms. The van der Waals surface area contributed by atoms with Crippen LogP contribution in [0.2, 0.25) is 0 Å². The Balaban J connectivity index is 1.83. The average Bonchev–Trinajstić information content (AvgIpc) is 2.90. The summed E-state index contributed by atoms with van der Waals surface area (Å²) in [5.41, 5.74) is 1.21. The van der Waals surface area contributed by atoms with Crippen LogP contribution in [-0.4, -0.2) is 15.2 Å². The second kappa shape index (κ2) is 7.42. The van der Waals surface area contributed by atoms with E-state index >= 15 is 0 Å². The Hall–Kier alpha value is -2.77. The molecule has 25 heavy (non-hydrogen) atoms. The lowest BCUT2D eigenvalue weighted by molar-refractivity contribution is -0.385. The predicted molar refractivity (Wildman–Crippen MR) is 104 cm³/mol. The number of nitrogens with zero attached hydrogens (tertiary/aromatic N) is 2. The summed E-state index contributed by atoms with van der Waals surface area (Å²) >= 11 is 6.50. The van der Waals surface area contributed by atoms with Crippen molar-refractivity contribution in [3.63, 3.8) is 0 Å². The van der Waals surface area contributed by atoms with Gasteiger partial charge in [0, 0.05) is 6.07 Å². The number of hydrogen-bond donors (Lipinski definition) is 0. The van der Waals surface area contributed by atoms with Gasteiger partial charge in [0.25, 0.3) is 11.6 Å². The number of allylic oxidation sites excluding steroid dienone is 2. The standard InChI is InChI=1S/C18H12N2O3S2/c21-17-16(25-18(24)19(17)14-9-2-1-3-10-14)12-6-8-13-7-4-5-11-15(13)20(22)23/h1-12H. The maximum atomic E-state index is 12.5. The molecule has 0 N–H and O–H groups in total. The molecule has 3 rings (SSSR count). The van der Waals surface area contributed by atoms with Gasteiger partial charge in [0.15, 0.2) is 4.32 Å². The van der Waals surface area contributed by atoms with Crippen LogP contribution in [0.25, 0.3) is 6.08 Å². The van der Waals surface area contributed by atoms with Crippen molar-refractivity contribution >= 4 is 51.7 Å². The lowest BCUT2D eigenvalue weighted by atomic mass is 10.1. The van der Waals surface area contributed by atoms with E-state index in [2.05, 4.69) is 0 Å². The van der Waals surface area contributed by atoms with Gasteiger partial charge in [-0.3, -0.25) is 19.8 Å². The first-order valence-corrected chi connectivity index (χ1v) is 8.53. The molecule has 1 heterocycles. The van der Waals surface area contributed by atoms with Crippen molar-refractivity contribution in [2.75, 3.05) is 4.90 Å². The Morgan fingerprint density at radius 1 is 1.08 bits per heavy atom. The summed E-state index contributed by atoms with van der Waals surface area (Å²) < 4.78 is 0.460. The second-order valence-corrected chi connectivity index (χ2v) is 6.73. The zero-order valence-electron chi connectivity index (χ0n) is 12.9. The minimum atomic E-state index is -0.436. The Morgan fingerprint density at radius 3 is 2.48 bits per heavy atom. The van der Waals surface area contributed by atoms with Gasteiger partial charge in [-0.15, -0.1) is 0 Å². The van der Waals surface area contributed by atoms with Crippen LogP contribution in [0, 0.1) is 10.1 Å². The van der Waals surface area contributed by atoms with Gasteiger partial charge in [-0.2, -0.15) is 0 Å². The van der Waals surface area contributed by atoms with E-state index in [1.165, 1.54) is 22.7 Å². The van der Waals surface area contributed by atoms with E-state index in [9.17, 15) is 14.9 Å². The van der Waals surface area contributed by atoms with Crippen molar-refractivity contribution < 1.29 is 9.72 Å². The number of para-hydroxylation sites is 2. The number of benzene rings is 2. The highest BCUT2D eigenvalue weighted by Gasteiger charge is 2.32. The number of nitro benzene ring substituents is 1. The van der Waals surface area contributed by atoms with E-state index in [0.29, 0.717) is 14.8 Å². The fourth-order valence-corrected chi connectivity index (χ4v) is 3.57. The predicted octanol–water partition coefficient (Wildman–Crippen LogP) is 4.56. The number of hydrogen-bond acceptors (Lipinski definition) is 5. The molecule has 0 radical (unpaired) electrons. The van der Waals surface area contributed by atoms with Crippen LogP contribution < -0.4 is 4.90 Å². The van der Waals surface area contributed by atoms with Gasteiger partial charge >= 0.3 is 0 Å². The molecule has 7 heteroatoms. The van der Waals surface area contributed by atoms with Crippen LogP contribution in [0.1, 0.15) is 5.56 Å². The van der Waals surface area contributed by atoms with E-state index in [-0.39, 0.29) is 11.6 Å². The molecule has 1 saturated heterocycles. The average molecular weight is 368 g/mol. The largest absolute Gasteiger partial charge is 0.276 e. The summed E-state index contributed by atoms with van der Waals surface area (Å²) in [6.07, 6.45) is 4.85. The van der Waals surface area contributed by atoms with Crippen molar-refractivity contribution in [1.29, 1.82) is 0 Å². The van der Waals surface area contributed by atoms with Crippen molar-refractivity contribution in [2.45, 2.75) is 0 Å². The summed E-state index contributed by atoms with van der Waals surface area (Å²) in [6, 6.07) is 15.6. The molecule has 2 aromatic rings. The summed E-state index contributed by atoms with van der Waals surface area (Å²) in [7, 11) is 0. The highest BCUT2D eigenvalue weighted by Crippen LogP contribution is 2.34. The Kier molecular flexibility index (Phi) is 5.06. The van der Waals surface area contributed by atoms with Crippen LogP contribution >= 0.6 is 24.0 Å². The SMILES string of the molecule is O=C1C(=CC=Cc2ccccc2[N+](=O)[O-])SC(=S)N1c1ccccc1. The lowest BCUT2D eigenvalue weighted by Gasteiger charge is -2.13. The monoisotopic (exact) mass is 368 g/mol. The van der Waals surface area contributed by atoms with Crippen molar-refractivity contribution in [3.8, 4) is 0 Å². The first-order valence-electron chi connectivity index (χ1n) is 7.31. The molecule has 0 aromatic heterocycles. The molecule has 0 atom stereocenters. The van der Waals surface area contributed by atoms with Crippen LogP contribution in [0.5, 0.6) is 0 Å². The Bertz CT molecular complexity index is 908. The van der Waals surface area contributed by atoms with Gasteiger partial charge in [-0.05, 0) is 30.4 Å². The zero-order chi connectivity index (χ0) is 17.8. The van der Waals surface area contributed by atoms with Gasteiger partial charge in [0.1, 0.15) is 0 Å². The van der Waals surface area contributed by atoms with Crippen LogP contribution in [0.15, 0.2) is 71.7 Å². The molecule has 0 unspecified atom stereocenters. The van der Waals surface area contributed by atoms with Crippen LogP contribution in [0.3, 0.4) is 0 Å². The second-order valence-electron chi connectivity index (χ2n) is 5.05. The number of anilines is 1. The molecular weight excluding hydrogens is 356 g/mol. The topological polar surface area (TPSA) is 63.4 Å². The molecular formula is C18H12N2O3S2. The molecule has 5 nitrogen and oxygen atoms in total. The molecule has 1 aliphatic heterocycles. The third kappa shape index (κ3) is 3.67. The summed E-state index contributed by atoms with van der Waals surface area (Å²) in [6.45, 7) is 0. The van der Waals surface area contributed by atoms with Crippen molar-refractivity contribution in [1.82, 2.24) is 0 Å². The highest BCUT2D eigenvalue weighted by atomic mass is 32.2. The summed E-state index contributed by atoms with van der Waals surface area (Å²) in [5.74, 6) is -0.201. The first kappa shape index (κ1) is 17.1. The van der Waals surface area contributed by atoms with E-state index in [0.717, 1.165) is 5.69 Å². The van der Waals surface area contributed by atoms with Gasteiger partial charge in [-0.25, -0.2) is 0 Å². The van der Waals surface area contributed by atoms with Gasteiger partial charge in [-0.1, -0.05) is 60.4 Å². The van der Waals surface area contributed by atoms with E-state index < -0.39 is 4.92 Å². The summed E-state index contributed by atoms with van der Waals surface area (Å²) in [4.78, 5) is 25.1. The highest BCUT2D eigenvalue weighted by molar-refractivity contribution is 8.27. The number of carbonyl (C=O) groups is 1. The van der Waals surface area contributed by atoms with Crippen molar-refractivity contribution in [3.05, 3.63) is 87.3 Å². The number of thiocarbonyl (C=S) groups is 1. The molecule has 0 aliphatic carbocycles. The lowest BCUT2D eigenvalue weighted by Crippen LogP contribution is -2.27. The number of amides is 1. The van der Waals surface area contributed by atoms with Crippen LogP contribution in [0.4, 0.5) is 11.4 Å². The zero-order valence-corrected chi connectivity index (χ0v) is 14.5. The van der Waals surface area contributed by atoms with E-state index in [4.69, 9.17) is 12.2 Å². The number of rotatable bonds is 4. The normalized spacial score (nSPS) is 16.2. The Labute approximate surface area is 153 Å². The third-order valence-corrected chi connectivity index (χ3v) is 4.79.